The third-order valence-corrected chi connectivity index (χ3v) is 6.96. The van der Waals surface area contributed by atoms with Gasteiger partial charge >= 0.3 is 11.9 Å². The summed E-state index contributed by atoms with van der Waals surface area (Å²) in [7, 11) is 1.28. The van der Waals surface area contributed by atoms with E-state index < -0.39 is 18.0 Å². The highest BCUT2D eigenvalue weighted by Gasteiger charge is 2.33. The Kier molecular flexibility index (Phi) is 6.64. The molecule has 0 amide bonds. The zero-order valence-corrected chi connectivity index (χ0v) is 21.2. The zero-order chi connectivity index (χ0) is 26.1. The molecular formula is C27H19ClN2O6S. The van der Waals surface area contributed by atoms with E-state index >= 15 is 0 Å². The number of thiazole rings is 1. The van der Waals surface area contributed by atoms with Gasteiger partial charge in [0.1, 0.15) is 5.75 Å². The number of carbonyl (C=O) groups is 2. The predicted octanol–water partition coefficient (Wildman–Crippen LogP) is 3.87. The van der Waals surface area contributed by atoms with Gasteiger partial charge < -0.3 is 13.9 Å². The van der Waals surface area contributed by atoms with Gasteiger partial charge in [-0.05, 0) is 60.5 Å². The first kappa shape index (κ1) is 24.5. The van der Waals surface area contributed by atoms with Crippen LogP contribution in [0.1, 0.15) is 34.6 Å². The molecule has 0 radical (unpaired) electrons. The number of hydrogen-bond donors (Lipinski definition) is 0. The fourth-order valence-corrected chi connectivity index (χ4v) is 5.16. The average Bonchev–Trinajstić information content (AvgIpc) is 3.54. The lowest BCUT2D eigenvalue weighted by molar-refractivity contribution is -0.136. The Morgan fingerprint density at radius 3 is 2.46 bits per heavy atom. The maximum absolute atomic E-state index is 13.6. The highest BCUT2D eigenvalue weighted by Crippen LogP contribution is 2.31. The number of allylic oxidation sites excluding steroid dienone is 1. The number of fused-ring (bicyclic) bond motifs is 1. The molecule has 0 saturated heterocycles. The van der Waals surface area contributed by atoms with E-state index in [0.717, 1.165) is 5.56 Å². The van der Waals surface area contributed by atoms with E-state index in [9.17, 15) is 14.4 Å². The molecular weight excluding hydrogens is 516 g/mol. The van der Waals surface area contributed by atoms with E-state index in [4.69, 9.17) is 25.5 Å². The van der Waals surface area contributed by atoms with Crippen molar-refractivity contribution in [3.8, 4) is 5.75 Å². The lowest BCUT2D eigenvalue weighted by Gasteiger charge is -2.24. The molecule has 1 atom stereocenters. The summed E-state index contributed by atoms with van der Waals surface area (Å²) in [6.45, 7) is 1.70. The third-order valence-electron chi connectivity index (χ3n) is 5.72. The summed E-state index contributed by atoms with van der Waals surface area (Å²) < 4.78 is 17.4. The third kappa shape index (κ3) is 4.78. The lowest BCUT2D eigenvalue weighted by Crippen LogP contribution is -2.39. The van der Waals surface area contributed by atoms with Crippen LogP contribution in [0.15, 0.2) is 92.4 Å². The molecule has 2 aromatic heterocycles. The molecule has 0 aliphatic carbocycles. The quantitative estimate of drug-likeness (QED) is 0.285. The summed E-state index contributed by atoms with van der Waals surface area (Å²) in [5.74, 6) is -0.880. The highest BCUT2D eigenvalue weighted by atomic mass is 35.5. The lowest BCUT2D eigenvalue weighted by atomic mass is 9.96. The second-order valence-electron chi connectivity index (χ2n) is 8.06. The van der Waals surface area contributed by atoms with Gasteiger partial charge in [0.15, 0.2) is 4.80 Å². The largest absolute Gasteiger partial charge is 0.466 e. The van der Waals surface area contributed by atoms with E-state index in [1.807, 2.05) is 12.1 Å². The van der Waals surface area contributed by atoms with Crippen molar-refractivity contribution in [2.75, 3.05) is 7.11 Å². The summed E-state index contributed by atoms with van der Waals surface area (Å²) in [5, 5.41) is 0.593. The van der Waals surface area contributed by atoms with Crippen molar-refractivity contribution in [3.63, 3.8) is 0 Å². The van der Waals surface area contributed by atoms with E-state index in [1.54, 1.807) is 55.5 Å². The Morgan fingerprint density at radius 2 is 1.81 bits per heavy atom. The van der Waals surface area contributed by atoms with E-state index in [-0.39, 0.29) is 22.6 Å². The molecule has 3 heterocycles. The number of methoxy groups -OCH3 is 1. The van der Waals surface area contributed by atoms with Crippen LogP contribution in [0.5, 0.6) is 5.75 Å². The zero-order valence-electron chi connectivity index (χ0n) is 19.6. The van der Waals surface area contributed by atoms with Crippen molar-refractivity contribution >= 4 is 41.0 Å². The number of furan rings is 1. The molecule has 0 N–H and O–H groups in total. The standard InChI is InChI=1S/C27H19ClN2O6S/c1-15-22(26(33)34-2)23(17-7-11-19(12-8-17)36-25(32)20-4-3-13-35-20)30-24(31)21(37-27(30)29-15)14-16-5-9-18(28)10-6-16/h3-14,23H,1-2H3/b21-14+/t23-/m0/s1. The number of nitrogens with zero attached hydrogens (tertiary/aromatic N) is 2. The predicted molar refractivity (Wildman–Crippen MR) is 137 cm³/mol. The van der Waals surface area contributed by atoms with Crippen molar-refractivity contribution in [1.82, 2.24) is 4.57 Å². The van der Waals surface area contributed by atoms with Gasteiger partial charge in [0.25, 0.3) is 5.56 Å². The fourth-order valence-electron chi connectivity index (χ4n) is 3.99. The molecule has 8 nitrogen and oxygen atoms in total. The number of ether oxygens (including phenoxy) is 2. The monoisotopic (exact) mass is 534 g/mol. The maximum atomic E-state index is 13.6. The molecule has 37 heavy (non-hydrogen) atoms. The van der Waals surface area contributed by atoms with Crippen molar-refractivity contribution < 1.29 is 23.5 Å². The topological polar surface area (TPSA) is 100 Å². The first-order valence-electron chi connectivity index (χ1n) is 11.1. The smallest absolute Gasteiger partial charge is 0.379 e. The molecule has 186 valence electrons. The molecule has 1 aliphatic heterocycles. The van der Waals surface area contributed by atoms with E-state index in [1.165, 1.54) is 35.3 Å². The minimum Gasteiger partial charge on any atom is -0.466 e. The van der Waals surface area contributed by atoms with Crippen LogP contribution in [0.4, 0.5) is 0 Å². The number of benzene rings is 2. The Labute approximate surface area is 219 Å². The molecule has 4 aromatic rings. The molecule has 0 bridgehead atoms. The average molecular weight is 535 g/mol. The summed E-state index contributed by atoms with van der Waals surface area (Å²) in [5.41, 5.74) is 1.81. The van der Waals surface area contributed by atoms with Gasteiger partial charge in [-0.25, -0.2) is 14.6 Å². The van der Waals surface area contributed by atoms with Crippen LogP contribution in [0.25, 0.3) is 6.08 Å². The number of aromatic nitrogens is 1. The Hall–Kier alpha value is -4.21. The molecule has 5 rings (SSSR count). The molecule has 0 fully saturated rings. The molecule has 10 heteroatoms. The van der Waals surface area contributed by atoms with Crippen LogP contribution >= 0.6 is 22.9 Å². The van der Waals surface area contributed by atoms with Gasteiger partial charge in [-0.15, -0.1) is 0 Å². The summed E-state index contributed by atoms with van der Waals surface area (Å²) in [6, 6.07) is 16.0. The van der Waals surface area contributed by atoms with E-state index in [2.05, 4.69) is 4.99 Å². The molecule has 0 unspecified atom stereocenters. The molecule has 2 aromatic carbocycles. The second-order valence-corrected chi connectivity index (χ2v) is 9.51. The highest BCUT2D eigenvalue weighted by molar-refractivity contribution is 7.07. The van der Waals surface area contributed by atoms with Crippen molar-refractivity contribution in [1.29, 1.82) is 0 Å². The van der Waals surface area contributed by atoms with Crippen LogP contribution in [-0.2, 0) is 9.53 Å². The second kappa shape index (κ2) is 10.0. The van der Waals surface area contributed by atoms with Crippen LogP contribution in [-0.4, -0.2) is 23.6 Å². The van der Waals surface area contributed by atoms with Gasteiger partial charge in [0.05, 0.1) is 35.2 Å². The number of halogens is 1. The van der Waals surface area contributed by atoms with Gasteiger partial charge in [-0.1, -0.05) is 47.2 Å². The van der Waals surface area contributed by atoms with Crippen LogP contribution in [0.2, 0.25) is 5.02 Å². The SMILES string of the molecule is COC(=O)C1=C(C)N=c2s/c(=C/c3ccc(Cl)cc3)c(=O)n2[C@H]1c1ccc(OC(=O)c2ccco2)cc1. The van der Waals surface area contributed by atoms with Gasteiger partial charge in [0, 0.05) is 5.02 Å². The van der Waals surface area contributed by atoms with Gasteiger partial charge in [0.2, 0.25) is 5.76 Å². The number of rotatable bonds is 5. The molecule has 1 aliphatic rings. The Balaban J connectivity index is 1.58. The number of hydrogen-bond acceptors (Lipinski definition) is 8. The summed E-state index contributed by atoms with van der Waals surface area (Å²) >= 11 is 7.21. The maximum Gasteiger partial charge on any atom is 0.379 e. The van der Waals surface area contributed by atoms with Crippen molar-refractivity contribution in [2.24, 2.45) is 4.99 Å². The first-order valence-corrected chi connectivity index (χ1v) is 12.3. The minimum atomic E-state index is -0.786. The normalized spacial score (nSPS) is 15.2. The van der Waals surface area contributed by atoms with Crippen molar-refractivity contribution in [2.45, 2.75) is 13.0 Å². The van der Waals surface area contributed by atoms with Gasteiger partial charge in [-0.3, -0.25) is 9.36 Å². The summed E-state index contributed by atoms with van der Waals surface area (Å²) in [6.07, 6.45) is 3.14. The Morgan fingerprint density at radius 1 is 1.08 bits per heavy atom. The minimum absolute atomic E-state index is 0.0726. The number of carbonyl (C=O) groups excluding carboxylic acids is 2. The summed E-state index contributed by atoms with van der Waals surface area (Å²) in [4.78, 5) is 43.6. The molecule has 0 saturated carbocycles. The fraction of sp³-hybridized carbons (Fsp3) is 0.111. The molecule has 0 spiro atoms. The number of esters is 2. The van der Waals surface area contributed by atoms with E-state index in [0.29, 0.717) is 25.6 Å². The van der Waals surface area contributed by atoms with Gasteiger partial charge in [-0.2, -0.15) is 0 Å². The van der Waals surface area contributed by atoms with Crippen LogP contribution < -0.4 is 19.6 Å². The van der Waals surface area contributed by atoms with Crippen LogP contribution in [0, 0.1) is 0 Å². The first-order chi connectivity index (χ1) is 17.9. The Bertz CT molecular complexity index is 1700. The van der Waals surface area contributed by atoms with Crippen molar-refractivity contribution in [3.05, 3.63) is 120 Å². The van der Waals surface area contributed by atoms with Crippen LogP contribution in [0.3, 0.4) is 0 Å².